The van der Waals surface area contributed by atoms with Gasteiger partial charge >= 0.3 is 0 Å². The SMILES string of the molecule is CC1CN(c2ccc(CCl)nn2)CCS1. The van der Waals surface area contributed by atoms with Crippen molar-refractivity contribution in [2.45, 2.75) is 18.1 Å². The summed E-state index contributed by atoms with van der Waals surface area (Å²) in [6.45, 7) is 4.36. The van der Waals surface area contributed by atoms with Crippen LogP contribution in [0.25, 0.3) is 0 Å². The van der Waals surface area contributed by atoms with Gasteiger partial charge in [-0.2, -0.15) is 16.9 Å². The van der Waals surface area contributed by atoms with Crippen molar-refractivity contribution >= 4 is 29.2 Å². The molecule has 1 aromatic rings. The summed E-state index contributed by atoms with van der Waals surface area (Å²) in [7, 11) is 0. The highest BCUT2D eigenvalue weighted by Gasteiger charge is 2.17. The summed E-state index contributed by atoms with van der Waals surface area (Å²) in [6, 6.07) is 3.95. The van der Waals surface area contributed by atoms with Crippen molar-refractivity contribution in [2.24, 2.45) is 0 Å². The smallest absolute Gasteiger partial charge is 0.151 e. The number of anilines is 1. The Morgan fingerprint density at radius 3 is 3.00 bits per heavy atom. The first-order chi connectivity index (χ1) is 7.29. The summed E-state index contributed by atoms with van der Waals surface area (Å²) in [5.74, 6) is 2.57. The molecule has 0 amide bonds. The number of halogens is 1. The third-order valence-corrected chi connectivity index (χ3v) is 3.82. The number of aromatic nitrogens is 2. The quantitative estimate of drug-likeness (QED) is 0.745. The molecule has 0 saturated carbocycles. The van der Waals surface area contributed by atoms with Gasteiger partial charge in [0.15, 0.2) is 5.82 Å². The number of thioether (sulfide) groups is 1. The van der Waals surface area contributed by atoms with Gasteiger partial charge in [-0.25, -0.2) is 0 Å². The average molecular weight is 244 g/mol. The van der Waals surface area contributed by atoms with Gasteiger partial charge in [0.2, 0.25) is 0 Å². The van der Waals surface area contributed by atoms with Gasteiger partial charge < -0.3 is 4.90 Å². The maximum atomic E-state index is 5.67. The molecule has 1 aromatic heterocycles. The molecule has 1 fully saturated rings. The Morgan fingerprint density at radius 2 is 2.40 bits per heavy atom. The second-order valence-corrected chi connectivity index (χ2v) is 5.46. The second kappa shape index (κ2) is 5.03. The van der Waals surface area contributed by atoms with Gasteiger partial charge in [-0.05, 0) is 12.1 Å². The zero-order valence-corrected chi connectivity index (χ0v) is 10.3. The molecule has 2 rings (SSSR count). The maximum Gasteiger partial charge on any atom is 0.151 e. The highest BCUT2D eigenvalue weighted by atomic mass is 35.5. The molecule has 5 heteroatoms. The minimum Gasteiger partial charge on any atom is -0.353 e. The van der Waals surface area contributed by atoms with E-state index in [9.17, 15) is 0 Å². The van der Waals surface area contributed by atoms with Crippen LogP contribution in [0.4, 0.5) is 5.82 Å². The predicted molar refractivity (Wildman–Crippen MR) is 65.7 cm³/mol. The number of alkyl halides is 1. The third-order valence-electron chi connectivity index (χ3n) is 2.41. The standard InChI is InChI=1S/C10H14ClN3S/c1-8-7-14(4-5-15-8)10-3-2-9(6-11)12-13-10/h2-3,8H,4-7H2,1H3. The van der Waals surface area contributed by atoms with Crippen LogP contribution >= 0.6 is 23.4 Å². The Morgan fingerprint density at radius 1 is 1.53 bits per heavy atom. The van der Waals surface area contributed by atoms with E-state index in [-0.39, 0.29) is 0 Å². The summed E-state index contributed by atoms with van der Waals surface area (Å²) in [4.78, 5) is 2.28. The molecule has 0 aromatic carbocycles. The van der Waals surface area contributed by atoms with Gasteiger partial charge in [-0.1, -0.05) is 6.92 Å². The Kier molecular flexibility index (Phi) is 3.70. The molecule has 1 aliphatic rings. The summed E-state index contributed by atoms with van der Waals surface area (Å²) >= 11 is 7.68. The van der Waals surface area contributed by atoms with Crippen molar-refractivity contribution in [3.8, 4) is 0 Å². The van der Waals surface area contributed by atoms with Crippen LogP contribution in [-0.2, 0) is 5.88 Å². The fourth-order valence-electron chi connectivity index (χ4n) is 1.62. The van der Waals surface area contributed by atoms with E-state index >= 15 is 0 Å². The number of rotatable bonds is 2. The van der Waals surface area contributed by atoms with E-state index in [4.69, 9.17) is 11.6 Å². The van der Waals surface area contributed by atoms with Crippen molar-refractivity contribution in [2.75, 3.05) is 23.7 Å². The Hall–Kier alpha value is -0.480. The first-order valence-corrected chi connectivity index (χ1v) is 6.63. The van der Waals surface area contributed by atoms with E-state index < -0.39 is 0 Å². The van der Waals surface area contributed by atoms with Gasteiger partial charge in [0.05, 0.1) is 11.6 Å². The molecule has 0 radical (unpaired) electrons. The van der Waals surface area contributed by atoms with Crippen LogP contribution in [0.3, 0.4) is 0 Å². The van der Waals surface area contributed by atoms with E-state index in [2.05, 4.69) is 22.0 Å². The Balaban J connectivity index is 2.07. The van der Waals surface area contributed by atoms with E-state index in [0.717, 1.165) is 24.6 Å². The highest BCUT2D eigenvalue weighted by molar-refractivity contribution is 8.00. The molecule has 0 N–H and O–H groups in total. The third kappa shape index (κ3) is 2.75. The van der Waals surface area contributed by atoms with Gasteiger partial charge in [0, 0.05) is 24.1 Å². The highest BCUT2D eigenvalue weighted by Crippen LogP contribution is 2.21. The zero-order chi connectivity index (χ0) is 10.7. The minimum absolute atomic E-state index is 0.430. The van der Waals surface area contributed by atoms with Crippen LogP contribution in [0.1, 0.15) is 12.6 Å². The largest absolute Gasteiger partial charge is 0.353 e. The number of hydrogen-bond acceptors (Lipinski definition) is 4. The summed E-state index contributed by atoms with van der Waals surface area (Å²) in [5, 5.41) is 8.93. The first-order valence-electron chi connectivity index (χ1n) is 5.04. The first kappa shape index (κ1) is 11.0. The normalized spacial score (nSPS) is 21.7. The van der Waals surface area contributed by atoms with Crippen LogP contribution in [0.2, 0.25) is 0 Å². The number of hydrogen-bond donors (Lipinski definition) is 0. The molecule has 0 spiro atoms. The topological polar surface area (TPSA) is 29.0 Å². The molecular weight excluding hydrogens is 230 g/mol. The van der Waals surface area contributed by atoms with Crippen LogP contribution in [-0.4, -0.2) is 34.3 Å². The van der Waals surface area contributed by atoms with E-state index in [0.29, 0.717) is 11.1 Å². The molecule has 1 unspecified atom stereocenters. The summed E-state index contributed by atoms with van der Waals surface area (Å²) < 4.78 is 0. The molecule has 3 nitrogen and oxygen atoms in total. The summed E-state index contributed by atoms with van der Waals surface area (Å²) in [6.07, 6.45) is 0. The van der Waals surface area contributed by atoms with Crippen molar-refractivity contribution in [3.05, 3.63) is 17.8 Å². The molecule has 2 heterocycles. The van der Waals surface area contributed by atoms with E-state index in [1.807, 2.05) is 23.9 Å². The van der Waals surface area contributed by atoms with Crippen LogP contribution in [0.15, 0.2) is 12.1 Å². The molecule has 82 valence electrons. The molecule has 0 aliphatic carbocycles. The Bertz CT molecular complexity index is 317. The van der Waals surface area contributed by atoms with E-state index in [1.54, 1.807) is 0 Å². The molecule has 1 saturated heterocycles. The molecular formula is C10H14ClN3S. The molecule has 0 bridgehead atoms. The van der Waals surface area contributed by atoms with Crippen molar-refractivity contribution < 1.29 is 0 Å². The summed E-state index contributed by atoms with van der Waals surface area (Å²) in [5.41, 5.74) is 0.833. The minimum atomic E-state index is 0.430. The van der Waals surface area contributed by atoms with Gasteiger partial charge in [0.25, 0.3) is 0 Å². The molecule has 15 heavy (non-hydrogen) atoms. The lowest BCUT2D eigenvalue weighted by atomic mass is 10.3. The predicted octanol–water partition coefficient (Wildman–Crippen LogP) is 2.16. The van der Waals surface area contributed by atoms with Crippen LogP contribution in [0.5, 0.6) is 0 Å². The number of nitrogens with zero attached hydrogens (tertiary/aromatic N) is 3. The van der Waals surface area contributed by atoms with Crippen LogP contribution in [0, 0.1) is 0 Å². The maximum absolute atomic E-state index is 5.67. The van der Waals surface area contributed by atoms with Crippen molar-refractivity contribution in [3.63, 3.8) is 0 Å². The van der Waals surface area contributed by atoms with Crippen LogP contribution < -0.4 is 4.90 Å². The molecule has 1 aliphatic heterocycles. The lowest BCUT2D eigenvalue weighted by Gasteiger charge is -2.31. The fraction of sp³-hybridized carbons (Fsp3) is 0.600. The van der Waals surface area contributed by atoms with E-state index in [1.165, 1.54) is 5.75 Å². The fourth-order valence-corrected chi connectivity index (χ4v) is 2.78. The monoisotopic (exact) mass is 243 g/mol. The zero-order valence-electron chi connectivity index (χ0n) is 8.69. The second-order valence-electron chi connectivity index (χ2n) is 3.64. The lowest BCUT2D eigenvalue weighted by Crippen LogP contribution is -2.37. The van der Waals surface area contributed by atoms with Gasteiger partial charge in [0.1, 0.15) is 0 Å². The molecule has 1 atom stereocenters. The average Bonchev–Trinajstić information content (AvgIpc) is 2.29. The van der Waals surface area contributed by atoms with Crippen molar-refractivity contribution in [1.82, 2.24) is 10.2 Å². The van der Waals surface area contributed by atoms with Gasteiger partial charge in [-0.15, -0.1) is 16.7 Å². The lowest BCUT2D eigenvalue weighted by molar-refractivity contribution is 0.756. The van der Waals surface area contributed by atoms with Gasteiger partial charge in [-0.3, -0.25) is 0 Å². The Labute approximate surface area is 99.2 Å². The van der Waals surface area contributed by atoms with Crippen molar-refractivity contribution in [1.29, 1.82) is 0 Å².